The fourth-order valence-corrected chi connectivity index (χ4v) is 5.00. The number of ether oxygens (including phenoxy) is 1. The predicted octanol–water partition coefficient (Wildman–Crippen LogP) is 4.34. The largest absolute Gasteiger partial charge is 0.444 e. The standard InChI is InChI=1S/C18H27F2N3O4S.C2H6/c1-17(2,3)27-16(24)23-9-7-13(8-10-23)18(19,20)28(25,26)15-11-14(12-5-6-12)21-22(15)4;1-2/h11-13H,5-10H2,1-4H3;1-2H3. The van der Waals surface area contributed by atoms with Gasteiger partial charge >= 0.3 is 11.3 Å². The summed E-state index contributed by atoms with van der Waals surface area (Å²) in [5, 5.41) is -0.277. The van der Waals surface area contributed by atoms with Gasteiger partial charge in [-0.05, 0) is 52.5 Å². The molecular weight excluding hydrogens is 416 g/mol. The van der Waals surface area contributed by atoms with Crippen LogP contribution in [-0.4, -0.2) is 53.1 Å². The molecule has 2 heterocycles. The van der Waals surface area contributed by atoms with E-state index in [0.29, 0.717) is 5.69 Å². The molecule has 3 rings (SSSR count). The monoisotopic (exact) mass is 449 g/mol. The summed E-state index contributed by atoms with van der Waals surface area (Å²) in [5.41, 5.74) is -0.128. The third-order valence-electron chi connectivity index (χ3n) is 5.11. The molecule has 1 saturated carbocycles. The lowest BCUT2D eigenvalue weighted by atomic mass is 9.97. The molecule has 0 atom stereocenters. The zero-order valence-electron chi connectivity index (χ0n) is 18.6. The smallest absolute Gasteiger partial charge is 0.410 e. The van der Waals surface area contributed by atoms with Gasteiger partial charge in [0.25, 0.3) is 9.84 Å². The van der Waals surface area contributed by atoms with Gasteiger partial charge in [0.2, 0.25) is 0 Å². The van der Waals surface area contributed by atoms with Gasteiger partial charge in [-0.15, -0.1) is 0 Å². The lowest BCUT2D eigenvalue weighted by Crippen LogP contribution is -2.47. The van der Waals surface area contributed by atoms with Gasteiger partial charge in [0, 0.05) is 32.0 Å². The number of sulfone groups is 1. The first-order valence-electron chi connectivity index (χ1n) is 10.5. The zero-order valence-corrected chi connectivity index (χ0v) is 19.4. The molecule has 0 bridgehead atoms. The summed E-state index contributed by atoms with van der Waals surface area (Å²) in [4.78, 5) is 13.4. The second-order valence-corrected chi connectivity index (χ2v) is 10.6. The topological polar surface area (TPSA) is 81.5 Å². The summed E-state index contributed by atoms with van der Waals surface area (Å²) in [6, 6.07) is 1.27. The molecule has 1 saturated heterocycles. The van der Waals surface area contributed by atoms with Crippen LogP contribution in [0.3, 0.4) is 0 Å². The molecule has 1 aliphatic carbocycles. The van der Waals surface area contributed by atoms with E-state index in [1.807, 2.05) is 13.8 Å². The highest BCUT2D eigenvalue weighted by Crippen LogP contribution is 2.44. The first-order valence-corrected chi connectivity index (χ1v) is 12.0. The van der Waals surface area contributed by atoms with E-state index in [2.05, 4.69) is 5.10 Å². The number of rotatable bonds is 4. The van der Waals surface area contributed by atoms with Crippen LogP contribution in [0.5, 0.6) is 0 Å². The van der Waals surface area contributed by atoms with Crippen molar-refractivity contribution in [1.82, 2.24) is 14.7 Å². The highest BCUT2D eigenvalue weighted by atomic mass is 32.2. The molecule has 7 nitrogen and oxygen atoms in total. The highest BCUT2D eigenvalue weighted by molar-refractivity contribution is 7.92. The Bertz CT molecular complexity index is 850. The molecule has 0 unspecified atom stereocenters. The Hall–Kier alpha value is -1.71. The van der Waals surface area contributed by atoms with E-state index in [4.69, 9.17) is 4.74 Å². The molecule has 1 aromatic rings. The number of carbonyl (C=O) groups excluding carboxylic acids is 1. The molecular formula is C20H33F2N3O4S. The SMILES string of the molecule is CC.Cn1nc(C2CC2)cc1S(=O)(=O)C(F)(F)C1CCN(C(=O)OC(C)(C)C)CC1. The number of halogens is 2. The van der Waals surface area contributed by atoms with Crippen LogP contribution in [0.15, 0.2) is 11.1 Å². The maximum Gasteiger partial charge on any atom is 0.410 e. The van der Waals surface area contributed by atoms with Crippen LogP contribution in [0.1, 0.15) is 71.9 Å². The molecule has 0 radical (unpaired) electrons. The molecule has 0 spiro atoms. The third kappa shape index (κ3) is 5.12. The van der Waals surface area contributed by atoms with Crippen LogP contribution in [0.4, 0.5) is 13.6 Å². The molecule has 2 aliphatic rings. The number of nitrogens with zero attached hydrogens (tertiary/aromatic N) is 3. The van der Waals surface area contributed by atoms with Crippen molar-refractivity contribution in [3.63, 3.8) is 0 Å². The second kappa shape index (κ2) is 8.80. The Labute approximate surface area is 177 Å². The summed E-state index contributed by atoms with van der Waals surface area (Å²) < 4.78 is 61.7. The van der Waals surface area contributed by atoms with Gasteiger partial charge in [-0.2, -0.15) is 13.9 Å². The minimum absolute atomic E-state index is 0.0312. The Morgan fingerprint density at radius 3 is 2.13 bits per heavy atom. The van der Waals surface area contributed by atoms with Crippen molar-refractivity contribution < 1.29 is 26.7 Å². The number of alkyl halides is 2. The number of piperidine rings is 1. The van der Waals surface area contributed by atoms with E-state index in [-0.39, 0.29) is 31.8 Å². The number of aromatic nitrogens is 2. The third-order valence-corrected chi connectivity index (χ3v) is 7.09. The van der Waals surface area contributed by atoms with Crippen LogP contribution in [-0.2, 0) is 21.6 Å². The Kier molecular flexibility index (Phi) is 7.21. The van der Waals surface area contributed by atoms with E-state index in [0.717, 1.165) is 17.5 Å². The quantitative estimate of drug-likeness (QED) is 0.683. The van der Waals surface area contributed by atoms with Crippen molar-refractivity contribution in [2.75, 3.05) is 13.1 Å². The average Bonchev–Trinajstić information content (AvgIpc) is 3.43. The van der Waals surface area contributed by atoms with Crippen LogP contribution in [0.2, 0.25) is 0 Å². The van der Waals surface area contributed by atoms with E-state index in [1.165, 1.54) is 18.0 Å². The highest BCUT2D eigenvalue weighted by Gasteiger charge is 2.55. The normalized spacial score (nSPS) is 18.6. The van der Waals surface area contributed by atoms with E-state index in [1.54, 1.807) is 20.8 Å². The molecule has 1 amide bonds. The minimum atomic E-state index is -4.89. The van der Waals surface area contributed by atoms with Crippen molar-refractivity contribution in [3.05, 3.63) is 11.8 Å². The molecule has 30 heavy (non-hydrogen) atoms. The number of hydrogen-bond acceptors (Lipinski definition) is 5. The van der Waals surface area contributed by atoms with E-state index < -0.39 is 37.7 Å². The fourth-order valence-electron chi connectivity index (χ4n) is 3.38. The second-order valence-electron chi connectivity index (χ2n) is 8.61. The molecule has 10 heteroatoms. The number of carbonyl (C=O) groups is 1. The van der Waals surface area contributed by atoms with Gasteiger partial charge in [-0.3, -0.25) is 4.68 Å². The summed E-state index contributed by atoms with van der Waals surface area (Å²) in [7, 11) is -3.51. The summed E-state index contributed by atoms with van der Waals surface area (Å²) in [5.74, 6) is -1.20. The number of aryl methyl sites for hydroxylation is 1. The van der Waals surface area contributed by atoms with E-state index in [9.17, 15) is 13.2 Å². The molecule has 1 aliphatic heterocycles. The van der Waals surface area contributed by atoms with Crippen LogP contribution >= 0.6 is 0 Å². The van der Waals surface area contributed by atoms with Gasteiger partial charge in [0.15, 0.2) is 5.03 Å². The van der Waals surface area contributed by atoms with Crippen molar-refractivity contribution in [2.24, 2.45) is 13.0 Å². The average molecular weight is 450 g/mol. The van der Waals surface area contributed by atoms with Crippen molar-refractivity contribution in [3.8, 4) is 0 Å². The van der Waals surface area contributed by atoms with Gasteiger partial charge in [-0.25, -0.2) is 13.2 Å². The molecule has 172 valence electrons. The Balaban J connectivity index is 0.00000155. The van der Waals surface area contributed by atoms with Crippen LogP contribution in [0.25, 0.3) is 0 Å². The van der Waals surface area contributed by atoms with E-state index >= 15 is 8.78 Å². The van der Waals surface area contributed by atoms with Gasteiger partial charge < -0.3 is 9.64 Å². The zero-order chi connectivity index (χ0) is 22.9. The first-order chi connectivity index (χ1) is 13.8. The van der Waals surface area contributed by atoms with Crippen molar-refractivity contribution in [2.45, 2.75) is 82.1 Å². The number of amides is 1. The molecule has 0 N–H and O–H groups in total. The van der Waals surface area contributed by atoms with Crippen molar-refractivity contribution >= 4 is 15.9 Å². The summed E-state index contributed by atoms with van der Waals surface area (Å²) in [6.07, 6.45) is 1.00. The lowest BCUT2D eigenvalue weighted by molar-refractivity contribution is -0.0180. The van der Waals surface area contributed by atoms with Crippen LogP contribution < -0.4 is 0 Å². The molecule has 0 aromatic carbocycles. The van der Waals surface area contributed by atoms with Gasteiger partial charge in [0.05, 0.1) is 5.69 Å². The number of hydrogen-bond donors (Lipinski definition) is 0. The van der Waals surface area contributed by atoms with Crippen molar-refractivity contribution in [1.29, 1.82) is 0 Å². The Morgan fingerprint density at radius 1 is 1.13 bits per heavy atom. The lowest BCUT2D eigenvalue weighted by Gasteiger charge is -2.36. The maximum atomic E-state index is 15.0. The molecule has 2 fully saturated rings. The summed E-state index contributed by atoms with van der Waals surface area (Å²) in [6.45, 7) is 9.24. The minimum Gasteiger partial charge on any atom is -0.444 e. The fraction of sp³-hybridized carbons (Fsp3) is 0.800. The predicted molar refractivity (Wildman–Crippen MR) is 109 cm³/mol. The van der Waals surface area contributed by atoms with Crippen LogP contribution in [0, 0.1) is 5.92 Å². The summed E-state index contributed by atoms with van der Waals surface area (Å²) >= 11 is 0. The van der Waals surface area contributed by atoms with Gasteiger partial charge in [0.1, 0.15) is 5.60 Å². The first kappa shape index (κ1) is 24.6. The Morgan fingerprint density at radius 2 is 1.67 bits per heavy atom. The molecule has 1 aromatic heterocycles. The number of likely N-dealkylation sites (tertiary alicyclic amines) is 1. The maximum absolute atomic E-state index is 15.0. The van der Waals surface area contributed by atoms with Gasteiger partial charge in [-0.1, -0.05) is 13.8 Å².